The molecule has 0 saturated heterocycles. The van der Waals surface area contributed by atoms with Crippen LogP contribution in [-0.4, -0.2) is 29.1 Å². The molecule has 0 bridgehead atoms. The van der Waals surface area contributed by atoms with Gasteiger partial charge in [-0.05, 0) is 18.6 Å². The third kappa shape index (κ3) is 2.85. The zero-order valence-corrected chi connectivity index (χ0v) is 11.9. The molecule has 0 radical (unpaired) electrons. The lowest BCUT2D eigenvalue weighted by atomic mass is 10.0. The van der Waals surface area contributed by atoms with E-state index >= 15 is 0 Å². The van der Waals surface area contributed by atoms with E-state index in [0.29, 0.717) is 21.8 Å². The molecule has 2 rings (SSSR count). The first-order valence-electron chi connectivity index (χ1n) is 5.88. The Morgan fingerprint density at radius 1 is 1.35 bits per heavy atom. The average Bonchev–Trinajstić information content (AvgIpc) is 2.79. The molecule has 6 heteroatoms. The fraction of sp³-hybridized carbons (Fsp3) is 0.214. The number of hydrogen-bond acceptors (Lipinski definition) is 5. The molecule has 1 N–H and O–H groups in total. The van der Waals surface area contributed by atoms with Crippen LogP contribution in [0.4, 0.5) is 0 Å². The Labute approximate surface area is 119 Å². The second-order valence-electron chi connectivity index (χ2n) is 4.14. The minimum atomic E-state index is -0.999. The summed E-state index contributed by atoms with van der Waals surface area (Å²) in [5, 5.41) is 9.85. The van der Waals surface area contributed by atoms with E-state index in [1.54, 1.807) is 31.2 Å². The third-order valence-electron chi connectivity index (χ3n) is 2.78. The van der Waals surface area contributed by atoms with Gasteiger partial charge in [0.05, 0.1) is 23.4 Å². The summed E-state index contributed by atoms with van der Waals surface area (Å²) in [5.74, 6) is -1.44. The van der Waals surface area contributed by atoms with E-state index in [1.165, 1.54) is 7.11 Å². The molecule has 0 amide bonds. The van der Waals surface area contributed by atoms with E-state index in [9.17, 15) is 9.59 Å². The minimum absolute atomic E-state index is 0.210. The molecule has 0 fully saturated rings. The van der Waals surface area contributed by atoms with Gasteiger partial charge in [-0.1, -0.05) is 18.2 Å². The van der Waals surface area contributed by atoms with Gasteiger partial charge in [-0.2, -0.15) is 0 Å². The van der Waals surface area contributed by atoms with E-state index in [1.807, 2.05) is 0 Å². The summed E-state index contributed by atoms with van der Waals surface area (Å²) >= 11 is 1.13. The second kappa shape index (κ2) is 5.83. The molecule has 1 aromatic heterocycles. The van der Waals surface area contributed by atoms with Gasteiger partial charge in [-0.15, -0.1) is 11.3 Å². The molecule has 0 aliphatic carbocycles. The second-order valence-corrected chi connectivity index (χ2v) is 5.34. The van der Waals surface area contributed by atoms with Crippen molar-refractivity contribution in [3.05, 3.63) is 51.0 Å². The van der Waals surface area contributed by atoms with Gasteiger partial charge in [0.2, 0.25) is 0 Å². The number of carbonyl (C=O) groups is 2. The van der Waals surface area contributed by atoms with Gasteiger partial charge in [-0.25, -0.2) is 14.6 Å². The maximum Gasteiger partial charge on any atom is 0.347 e. The number of thiazole rings is 1. The molecule has 0 aliphatic heterocycles. The van der Waals surface area contributed by atoms with Crippen molar-refractivity contribution in [3.8, 4) is 0 Å². The number of carbonyl (C=O) groups excluding carboxylic acids is 1. The summed E-state index contributed by atoms with van der Waals surface area (Å²) in [5.41, 5.74) is 1.60. The lowest BCUT2D eigenvalue weighted by Crippen LogP contribution is -2.07. The summed E-state index contributed by atoms with van der Waals surface area (Å²) < 4.78 is 4.72. The molecule has 0 atom stereocenters. The third-order valence-corrected chi connectivity index (χ3v) is 3.78. The number of carboxylic acid groups (broad SMARTS) is 1. The van der Waals surface area contributed by atoms with E-state index in [2.05, 4.69) is 4.98 Å². The van der Waals surface area contributed by atoms with Crippen molar-refractivity contribution in [2.75, 3.05) is 7.11 Å². The van der Waals surface area contributed by atoms with E-state index in [4.69, 9.17) is 9.84 Å². The number of aromatic carboxylic acids is 1. The van der Waals surface area contributed by atoms with Crippen LogP contribution >= 0.6 is 11.3 Å². The smallest absolute Gasteiger partial charge is 0.347 e. The maximum absolute atomic E-state index is 11.7. The van der Waals surface area contributed by atoms with Gasteiger partial charge < -0.3 is 9.84 Å². The van der Waals surface area contributed by atoms with Crippen molar-refractivity contribution >= 4 is 23.3 Å². The van der Waals surface area contributed by atoms with Gasteiger partial charge in [0.25, 0.3) is 0 Å². The number of nitrogens with zero attached hydrogens (tertiary/aromatic N) is 1. The van der Waals surface area contributed by atoms with Gasteiger partial charge in [0.1, 0.15) is 4.88 Å². The first-order valence-corrected chi connectivity index (χ1v) is 6.70. The number of benzene rings is 1. The Hall–Kier alpha value is -2.21. The molecule has 0 spiro atoms. The number of carboxylic acids is 1. The molecule has 104 valence electrons. The number of methoxy groups -OCH3 is 1. The summed E-state index contributed by atoms with van der Waals surface area (Å²) in [6.45, 7) is 1.76. The molecule has 0 aliphatic rings. The van der Waals surface area contributed by atoms with E-state index < -0.39 is 11.9 Å². The lowest BCUT2D eigenvalue weighted by molar-refractivity contribution is 0.0599. The summed E-state index contributed by atoms with van der Waals surface area (Å²) in [6, 6.07) is 6.95. The van der Waals surface area contributed by atoms with Gasteiger partial charge in [0, 0.05) is 6.42 Å². The highest BCUT2D eigenvalue weighted by Crippen LogP contribution is 2.22. The van der Waals surface area contributed by atoms with Gasteiger partial charge >= 0.3 is 11.9 Å². The maximum atomic E-state index is 11.7. The van der Waals surface area contributed by atoms with Crippen molar-refractivity contribution in [2.45, 2.75) is 13.3 Å². The predicted molar refractivity (Wildman–Crippen MR) is 74.4 cm³/mol. The highest BCUT2D eigenvalue weighted by molar-refractivity contribution is 7.13. The summed E-state index contributed by atoms with van der Waals surface area (Å²) in [4.78, 5) is 27.3. The van der Waals surface area contributed by atoms with Crippen LogP contribution < -0.4 is 0 Å². The van der Waals surface area contributed by atoms with Gasteiger partial charge in [0.15, 0.2) is 0 Å². The van der Waals surface area contributed by atoms with Gasteiger partial charge in [-0.3, -0.25) is 0 Å². The number of esters is 1. The normalized spacial score (nSPS) is 10.3. The van der Waals surface area contributed by atoms with Crippen LogP contribution in [0.25, 0.3) is 0 Å². The number of aryl methyl sites for hydroxylation is 1. The van der Waals surface area contributed by atoms with Crippen LogP contribution in [0.1, 0.15) is 36.3 Å². The summed E-state index contributed by atoms with van der Waals surface area (Å²) in [7, 11) is 1.31. The Morgan fingerprint density at radius 2 is 2.05 bits per heavy atom. The Morgan fingerprint density at radius 3 is 2.70 bits per heavy atom. The number of hydrogen-bond donors (Lipinski definition) is 1. The molecular formula is C14H13NO4S. The van der Waals surface area contributed by atoms with Crippen LogP contribution in [0.3, 0.4) is 0 Å². The fourth-order valence-electron chi connectivity index (χ4n) is 1.92. The molecule has 5 nitrogen and oxygen atoms in total. The van der Waals surface area contributed by atoms with Crippen LogP contribution in [0, 0.1) is 6.92 Å². The zero-order chi connectivity index (χ0) is 14.7. The molecule has 0 saturated carbocycles. The number of aromatic nitrogens is 1. The molecule has 2 aromatic rings. The first-order chi connectivity index (χ1) is 9.52. The molecule has 0 unspecified atom stereocenters. The van der Waals surface area contributed by atoms with Crippen molar-refractivity contribution < 1.29 is 19.4 Å². The van der Waals surface area contributed by atoms with Crippen molar-refractivity contribution in [2.24, 2.45) is 0 Å². The lowest BCUT2D eigenvalue weighted by Gasteiger charge is -2.06. The van der Waals surface area contributed by atoms with Crippen LogP contribution in [0.15, 0.2) is 24.3 Å². The topological polar surface area (TPSA) is 76.5 Å². The highest BCUT2D eigenvalue weighted by atomic mass is 32.1. The van der Waals surface area contributed by atoms with E-state index in [0.717, 1.165) is 11.3 Å². The highest BCUT2D eigenvalue weighted by Gasteiger charge is 2.18. The molecule has 20 heavy (non-hydrogen) atoms. The Kier molecular flexibility index (Phi) is 4.14. The largest absolute Gasteiger partial charge is 0.477 e. The minimum Gasteiger partial charge on any atom is -0.477 e. The van der Waals surface area contributed by atoms with Crippen molar-refractivity contribution in [1.29, 1.82) is 0 Å². The van der Waals surface area contributed by atoms with Crippen LogP contribution in [0.5, 0.6) is 0 Å². The van der Waals surface area contributed by atoms with Crippen LogP contribution in [0.2, 0.25) is 0 Å². The fourth-order valence-corrected chi connectivity index (χ4v) is 2.70. The number of rotatable bonds is 4. The average molecular weight is 291 g/mol. The zero-order valence-electron chi connectivity index (χ0n) is 11.0. The predicted octanol–water partition coefficient (Wildman–Crippen LogP) is 2.53. The quantitative estimate of drug-likeness (QED) is 0.876. The first kappa shape index (κ1) is 14.2. The SMILES string of the molecule is COC(=O)c1ccccc1Cc1nc(C)sc1C(=O)O. The summed E-state index contributed by atoms with van der Waals surface area (Å²) in [6.07, 6.45) is 0.289. The standard InChI is InChI=1S/C14H13NO4S/c1-8-15-11(12(20-8)13(16)17)7-9-5-3-4-6-10(9)14(18)19-2/h3-6H,7H2,1-2H3,(H,16,17). The Balaban J connectivity index is 2.40. The monoisotopic (exact) mass is 291 g/mol. The molecule has 1 heterocycles. The van der Waals surface area contributed by atoms with E-state index in [-0.39, 0.29) is 11.3 Å². The van der Waals surface area contributed by atoms with Crippen molar-refractivity contribution in [3.63, 3.8) is 0 Å². The molecule has 1 aromatic carbocycles. The Bertz CT molecular complexity index is 663. The number of ether oxygens (including phenoxy) is 1. The van der Waals surface area contributed by atoms with Crippen molar-refractivity contribution in [1.82, 2.24) is 4.98 Å². The van der Waals surface area contributed by atoms with Crippen LogP contribution in [-0.2, 0) is 11.2 Å². The molecular weight excluding hydrogens is 278 g/mol.